The Bertz CT molecular complexity index is 403. The lowest BCUT2D eigenvalue weighted by molar-refractivity contribution is -0.141. The van der Waals surface area contributed by atoms with Gasteiger partial charge in [-0.2, -0.15) is 0 Å². The van der Waals surface area contributed by atoms with Crippen LogP contribution < -0.4 is 5.32 Å². The number of carboxylic acids is 1. The van der Waals surface area contributed by atoms with Crippen molar-refractivity contribution in [2.75, 3.05) is 0 Å². The second-order valence-electron chi connectivity index (χ2n) is 3.67. The number of hydrogen-bond donors (Lipinski definition) is 2. The first-order valence-electron chi connectivity index (χ1n) is 5.29. The second kappa shape index (κ2) is 6.39. The number of amides is 1. The van der Waals surface area contributed by atoms with Gasteiger partial charge in [-0.3, -0.25) is 4.79 Å². The van der Waals surface area contributed by atoms with E-state index >= 15 is 0 Å². The van der Waals surface area contributed by atoms with E-state index in [1.54, 1.807) is 6.92 Å². The zero-order chi connectivity index (χ0) is 12.8. The van der Waals surface area contributed by atoms with Gasteiger partial charge in [-0.25, -0.2) is 4.79 Å². The summed E-state index contributed by atoms with van der Waals surface area (Å²) in [6.45, 7) is 1.72. The molecule has 17 heavy (non-hydrogen) atoms. The molecular formula is C12H14BrNO3. The molecule has 0 radical (unpaired) electrons. The minimum Gasteiger partial charge on any atom is -0.480 e. The SMILES string of the molecule is CC[C@@H](NC(=O)Cc1ccc(Br)cc1)C(=O)O. The maximum atomic E-state index is 11.6. The van der Waals surface area contributed by atoms with Crippen molar-refractivity contribution in [2.24, 2.45) is 0 Å². The van der Waals surface area contributed by atoms with Crippen LogP contribution in [-0.4, -0.2) is 23.0 Å². The van der Waals surface area contributed by atoms with Gasteiger partial charge in [-0.05, 0) is 24.1 Å². The third kappa shape index (κ3) is 4.56. The number of rotatable bonds is 5. The van der Waals surface area contributed by atoms with Crippen molar-refractivity contribution in [3.8, 4) is 0 Å². The van der Waals surface area contributed by atoms with Crippen LogP contribution in [0, 0.1) is 0 Å². The smallest absolute Gasteiger partial charge is 0.326 e. The molecule has 0 saturated carbocycles. The van der Waals surface area contributed by atoms with Crippen molar-refractivity contribution in [2.45, 2.75) is 25.8 Å². The average molecular weight is 300 g/mol. The number of carbonyl (C=O) groups excluding carboxylic acids is 1. The van der Waals surface area contributed by atoms with Crippen molar-refractivity contribution in [1.82, 2.24) is 5.32 Å². The van der Waals surface area contributed by atoms with Crippen molar-refractivity contribution in [3.05, 3.63) is 34.3 Å². The molecule has 0 heterocycles. The van der Waals surface area contributed by atoms with Gasteiger partial charge in [0, 0.05) is 4.47 Å². The summed E-state index contributed by atoms with van der Waals surface area (Å²) in [5.41, 5.74) is 0.853. The molecule has 1 rings (SSSR count). The van der Waals surface area contributed by atoms with Crippen LogP contribution in [0.2, 0.25) is 0 Å². The van der Waals surface area contributed by atoms with Gasteiger partial charge in [0.05, 0.1) is 6.42 Å². The van der Waals surface area contributed by atoms with Gasteiger partial charge < -0.3 is 10.4 Å². The first-order valence-corrected chi connectivity index (χ1v) is 6.09. The molecule has 0 unspecified atom stereocenters. The molecule has 92 valence electrons. The maximum Gasteiger partial charge on any atom is 0.326 e. The summed E-state index contributed by atoms with van der Waals surface area (Å²) >= 11 is 3.30. The zero-order valence-corrected chi connectivity index (χ0v) is 11.0. The highest BCUT2D eigenvalue weighted by atomic mass is 79.9. The van der Waals surface area contributed by atoms with Gasteiger partial charge >= 0.3 is 5.97 Å². The second-order valence-corrected chi connectivity index (χ2v) is 4.59. The molecular weight excluding hydrogens is 286 g/mol. The Morgan fingerprint density at radius 2 is 1.94 bits per heavy atom. The van der Waals surface area contributed by atoms with Gasteiger partial charge in [0.25, 0.3) is 0 Å². The van der Waals surface area contributed by atoms with Crippen LogP contribution in [0.4, 0.5) is 0 Å². The van der Waals surface area contributed by atoms with Gasteiger partial charge in [0.1, 0.15) is 6.04 Å². The number of halogens is 1. The predicted molar refractivity (Wildman–Crippen MR) is 67.7 cm³/mol. The molecule has 1 amide bonds. The average Bonchev–Trinajstić information content (AvgIpc) is 2.28. The molecule has 1 aromatic carbocycles. The number of benzene rings is 1. The minimum absolute atomic E-state index is 0.192. The Hall–Kier alpha value is -1.36. The van der Waals surface area contributed by atoms with E-state index in [1.165, 1.54) is 0 Å². The Morgan fingerprint density at radius 1 is 1.35 bits per heavy atom. The van der Waals surface area contributed by atoms with E-state index in [2.05, 4.69) is 21.2 Å². The van der Waals surface area contributed by atoms with E-state index < -0.39 is 12.0 Å². The molecule has 1 atom stereocenters. The molecule has 4 nitrogen and oxygen atoms in total. The summed E-state index contributed by atoms with van der Waals surface area (Å²) in [4.78, 5) is 22.3. The molecule has 0 bridgehead atoms. The van der Waals surface area contributed by atoms with Crippen molar-refractivity contribution >= 4 is 27.8 Å². The Morgan fingerprint density at radius 3 is 2.41 bits per heavy atom. The van der Waals surface area contributed by atoms with E-state index in [9.17, 15) is 9.59 Å². The van der Waals surface area contributed by atoms with Crippen LogP contribution in [0.5, 0.6) is 0 Å². The maximum absolute atomic E-state index is 11.6. The lowest BCUT2D eigenvalue weighted by Gasteiger charge is -2.12. The molecule has 0 fully saturated rings. The summed E-state index contributed by atoms with van der Waals surface area (Å²) in [7, 11) is 0. The largest absolute Gasteiger partial charge is 0.480 e. The first kappa shape index (κ1) is 13.7. The van der Waals surface area contributed by atoms with Gasteiger partial charge in [0.2, 0.25) is 5.91 Å². The molecule has 5 heteroatoms. The van der Waals surface area contributed by atoms with E-state index in [-0.39, 0.29) is 12.3 Å². The first-order chi connectivity index (χ1) is 8.02. The normalized spacial score (nSPS) is 11.9. The van der Waals surface area contributed by atoms with E-state index in [0.717, 1.165) is 10.0 Å². The summed E-state index contributed by atoms with van der Waals surface area (Å²) in [6, 6.07) is 6.53. The minimum atomic E-state index is -1.00. The molecule has 0 spiro atoms. The monoisotopic (exact) mass is 299 g/mol. The van der Waals surface area contributed by atoms with Gasteiger partial charge in [0.15, 0.2) is 0 Å². The number of nitrogens with one attached hydrogen (secondary N) is 1. The lowest BCUT2D eigenvalue weighted by atomic mass is 10.1. The lowest BCUT2D eigenvalue weighted by Crippen LogP contribution is -2.40. The molecule has 0 aliphatic carbocycles. The van der Waals surface area contributed by atoms with Crippen LogP contribution in [0.15, 0.2) is 28.7 Å². The summed E-state index contributed by atoms with van der Waals surface area (Å²) in [5.74, 6) is -1.28. The third-order valence-corrected chi connectivity index (χ3v) is 2.85. The Kier molecular flexibility index (Phi) is 5.15. The van der Waals surface area contributed by atoms with E-state index in [0.29, 0.717) is 6.42 Å². The number of carboxylic acid groups (broad SMARTS) is 1. The number of aliphatic carboxylic acids is 1. The summed E-state index contributed by atoms with van der Waals surface area (Å²) < 4.78 is 0.943. The third-order valence-electron chi connectivity index (χ3n) is 2.32. The highest BCUT2D eigenvalue weighted by molar-refractivity contribution is 9.10. The van der Waals surface area contributed by atoms with E-state index in [4.69, 9.17) is 5.11 Å². The predicted octanol–water partition coefficient (Wildman–Crippen LogP) is 1.97. The fourth-order valence-corrected chi connectivity index (χ4v) is 1.64. The summed E-state index contributed by atoms with van der Waals surface area (Å²) in [5, 5.41) is 11.3. The molecule has 0 aliphatic rings. The van der Waals surface area contributed by atoms with Crippen LogP contribution in [0.3, 0.4) is 0 Å². The van der Waals surface area contributed by atoms with Gasteiger partial charge in [-0.15, -0.1) is 0 Å². The quantitative estimate of drug-likeness (QED) is 0.873. The van der Waals surface area contributed by atoms with Crippen LogP contribution in [0.1, 0.15) is 18.9 Å². The van der Waals surface area contributed by atoms with Crippen molar-refractivity contribution in [1.29, 1.82) is 0 Å². The van der Waals surface area contributed by atoms with E-state index in [1.807, 2.05) is 24.3 Å². The molecule has 0 saturated heterocycles. The molecule has 0 aromatic heterocycles. The highest BCUT2D eigenvalue weighted by Gasteiger charge is 2.17. The van der Waals surface area contributed by atoms with Crippen LogP contribution >= 0.6 is 15.9 Å². The standard InChI is InChI=1S/C12H14BrNO3/c1-2-10(12(16)17)14-11(15)7-8-3-5-9(13)6-4-8/h3-6,10H,2,7H2,1H3,(H,14,15)(H,16,17)/t10-/m1/s1. The zero-order valence-electron chi connectivity index (χ0n) is 9.44. The topological polar surface area (TPSA) is 66.4 Å². The van der Waals surface area contributed by atoms with Gasteiger partial charge in [-0.1, -0.05) is 35.0 Å². The van der Waals surface area contributed by atoms with Crippen LogP contribution in [0.25, 0.3) is 0 Å². The number of hydrogen-bond acceptors (Lipinski definition) is 2. The fraction of sp³-hybridized carbons (Fsp3) is 0.333. The Balaban J connectivity index is 2.54. The Labute approximate surface area is 108 Å². The van der Waals surface area contributed by atoms with Crippen molar-refractivity contribution in [3.63, 3.8) is 0 Å². The molecule has 1 aromatic rings. The molecule has 2 N–H and O–H groups in total. The summed E-state index contributed by atoms with van der Waals surface area (Å²) in [6.07, 6.45) is 0.568. The van der Waals surface area contributed by atoms with Crippen LogP contribution in [-0.2, 0) is 16.0 Å². The fourth-order valence-electron chi connectivity index (χ4n) is 1.37. The number of carbonyl (C=O) groups is 2. The highest BCUT2D eigenvalue weighted by Crippen LogP contribution is 2.10. The van der Waals surface area contributed by atoms with Crippen molar-refractivity contribution < 1.29 is 14.7 Å². The molecule has 0 aliphatic heterocycles.